The summed E-state index contributed by atoms with van der Waals surface area (Å²) in [4.78, 5) is 2.64. The van der Waals surface area contributed by atoms with Gasteiger partial charge in [-0.05, 0) is 37.3 Å². The summed E-state index contributed by atoms with van der Waals surface area (Å²) in [6, 6.07) is 10.2. The lowest BCUT2D eigenvalue weighted by atomic mass is 9.98. The van der Waals surface area contributed by atoms with Crippen LogP contribution in [0.15, 0.2) is 24.3 Å². The molecular weight excluding hydrogens is 232 g/mol. The molecule has 1 aliphatic heterocycles. The number of anilines is 1. The Hall–Kier alpha value is -1.02. The second-order valence-corrected chi connectivity index (χ2v) is 5.92. The van der Waals surface area contributed by atoms with Gasteiger partial charge in [-0.2, -0.15) is 0 Å². The summed E-state index contributed by atoms with van der Waals surface area (Å²) in [5, 5.41) is 3.55. The van der Waals surface area contributed by atoms with Gasteiger partial charge < -0.3 is 10.2 Å². The minimum atomic E-state index is 0.538. The molecule has 0 radical (unpaired) electrons. The van der Waals surface area contributed by atoms with E-state index >= 15 is 0 Å². The van der Waals surface area contributed by atoms with Crippen molar-refractivity contribution in [3.63, 3.8) is 0 Å². The van der Waals surface area contributed by atoms with Crippen LogP contribution in [0.4, 0.5) is 5.69 Å². The zero-order valence-corrected chi connectivity index (χ0v) is 12.7. The van der Waals surface area contributed by atoms with Crippen molar-refractivity contribution in [1.82, 2.24) is 5.32 Å². The van der Waals surface area contributed by atoms with Crippen molar-refractivity contribution in [1.29, 1.82) is 0 Å². The molecule has 1 fully saturated rings. The summed E-state index contributed by atoms with van der Waals surface area (Å²) < 4.78 is 0. The minimum Gasteiger partial charge on any atom is -0.368 e. The minimum absolute atomic E-state index is 0.538. The van der Waals surface area contributed by atoms with Crippen LogP contribution in [0.1, 0.15) is 52.0 Å². The van der Waals surface area contributed by atoms with E-state index in [1.807, 2.05) is 0 Å². The third-order valence-corrected chi connectivity index (χ3v) is 4.10. The number of benzene rings is 1. The molecule has 2 rings (SSSR count). The van der Waals surface area contributed by atoms with Crippen molar-refractivity contribution in [3.05, 3.63) is 29.8 Å². The number of hydrogen-bond acceptors (Lipinski definition) is 2. The van der Waals surface area contributed by atoms with Crippen LogP contribution in [-0.2, 0) is 6.54 Å². The zero-order chi connectivity index (χ0) is 13.7. The summed E-state index contributed by atoms with van der Waals surface area (Å²) >= 11 is 0. The smallest absolute Gasteiger partial charge is 0.0414 e. The summed E-state index contributed by atoms with van der Waals surface area (Å²) in [5.74, 6) is 0. The lowest BCUT2D eigenvalue weighted by Gasteiger charge is -2.38. The van der Waals surface area contributed by atoms with E-state index in [1.54, 1.807) is 0 Å². The fourth-order valence-corrected chi connectivity index (χ4v) is 3.00. The monoisotopic (exact) mass is 260 g/mol. The van der Waals surface area contributed by atoms with Crippen LogP contribution in [0.3, 0.4) is 0 Å². The number of piperidine rings is 1. The van der Waals surface area contributed by atoms with Gasteiger partial charge in [0.05, 0.1) is 0 Å². The molecule has 1 N–H and O–H groups in total. The van der Waals surface area contributed by atoms with Crippen LogP contribution in [0.5, 0.6) is 0 Å². The van der Waals surface area contributed by atoms with Crippen molar-refractivity contribution in [3.8, 4) is 0 Å². The highest BCUT2D eigenvalue weighted by Gasteiger charge is 2.22. The average molecular weight is 260 g/mol. The third-order valence-electron chi connectivity index (χ3n) is 4.10. The second kappa shape index (κ2) is 6.95. The second-order valence-electron chi connectivity index (χ2n) is 5.92. The van der Waals surface area contributed by atoms with E-state index in [9.17, 15) is 0 Å². The van der Waals surface area contributed by atoms with E-state index in [4.69, 9.17) is 0 Å². The number of hydrogen-bond donors (Lipinski definition) is 1. The van der Waals surface area contributed by atoms with E-state index in [0.29, 0.717) is 6.04 Å². The highest BCUT2D eigenvalue weighted by molar-refractivity contribution is 5.54. The average Bonchev–Trinajstić information content (AvgIpc) is 2.45. The van der Waals surface area contributed by atoms with E-state index in [-0.39, 0.29) is 0 Å². The molecule has 1 heterocycles. The molecule has 0 aliphatic carbocycles. The van der Waals surface area contributed by atoms with Crippen molar-refractivity contribution < 1.29 is 0 Å². The maximum absolute atomic E-state index is 3.55. The quantitative estimate of drug-likeness (QED) is 0.862. The van der Waals surface area contributed by atoms with Gasteiger partial charge in [0, 0.05) is 30.9 Å². The van der Waals surface area contributed by atoms with Crippen molar-refractivity contribution in [2.75, 3.05) is 11.4 Å². The molecule has 1 unspecified atom stereocenters. The molecule has 2 heteroatoms. The molecule has 2 nitrogen and oxygen atoms in total. The van der Waals surface area contributed by atoms with Crippen LogP contribution < -0.4 is 10.2 Å². The predicted molar refractivity (Wildman–Crippen MR) is 83.7 cm³/mol. The first-order valence-electron chi connectivity index (χ1n) is 7.80. The predicted octanol–water partition coefficient (Wildman–Crippen LogP) is 3.95. The largest absolute Gasteiger partial charge is 0.368 e. The van der Waals surface area contributed by atoms with Crippen LogP contribution in [0, 0.1) is 0 Å². The first-order chi connectivity index (χ1) is 9.22. The fourth-order valence-electron chi connectivity index (χ4n) is 3.00. The van der Waals surface area contributed by atoms with E-state index in [2.05, 4.69) is 55.3 Å². The molecule has 0 aromatic heterocycles. The fraction of sp³-hybridized carbons (Fsp3) is 0.647. The van der Waals surface area contributed by atoms with Crippen LogP contribution in [0.25, 0.3) is 0 Å². The third kappa shape index (κ3) is 3.73. The highest BCUT2D eigenvalue weighted by atomic mass is 15.2. The van der Waals surface area contributed by atoms with Gasteiger partial charge in [-0.25, -0.2) is 0 Å². The van der Waals surface area contributed by atoms with Crippen molar-refractivity contribution in [2.45, 2.75) is 65.1 Å². The Labute approximate surface area is 118 Å². The topological polar surface area (TPSA) is 15.3 Å². The maximum Gasteiger partial charge on any atom is 0.0414 e. The molecule has 0 bridgehead atoms. The first-order valence-corrected chi connectivity index (χ1v) is 7.80. The Kier molecular flexibility index (Phi) is 5.26. The number of nitrogens with zero attached hydrogens (tertiary/aromatic N) is 1. The SMILES string of the molecule is CCC1CCCCN1c1ccccc1CNC(C)C. The summed E-state index contributed by atoms with van der Waals surface area (Å²) in [5.41, 5.74) is 2.89. The van der Waals surface area contributed by atoms with Gasteiger partial charge >= 0.3 is 0 Å². The van der Waals surface area contributed by atoms with Gasteiger partial charge in [-0.15, -0.1) is 0 Å². The zero-order valence-electron chi connectivity index (χ0n) is 12.7. The summed E-state index contributed by atoms with van der Waals surface area (Å²) in [6.07, 6.45) is 5.33. The van der Waals surface area contributed by atoms with Crippen LogP contribution in [-0.4, -0.2) is 18.6 Å². The van der Waals surface area contributed by atoms with E-state index in [1.165, 1.54) is 43.5 Å². The van der Waals surface area contributed by atoms with E-state index < -0.39 is 0 Å². The Balaban J connectivity index is 2.17. The Morgan fingerprint density at radius 2 is 2.05 bits per heavy atom. The standard InChI is InChI=1S/C17H28N2/c1-4-16-10-7-8-12-19(16)17-11-6-5-9-15(17)13-18-14(2)3/h5-6,9,11,14,16,18H,4,7-8,10,12-13H2,1-3H3. The lowest BCUT2D eigenvalue weighted by molar-refractivity contribution is 0.448. The van der Waals surface area contributed by atoms with Crippen molar-refractivity contribution >= 4 is 5.69 Å². The molecule has 0 amide bonds. The van der Waals surface area contributed by atoms with Gasteiger partial charge in [0.25, 0.3) is 0 Å². The molecule has 1 aliphatic rings. The van der Waals surface area contributed by atoms with Gasteiger partial charge in [-0.1, -0.05) is 39.0 Å². The number of para-hydroxylation sites is 1. The molecule has 1 aromatic carbocycles. The van der Waals surface area contributed by atoms with Gasteiger partial charge in [-0.3, -0.25) is 0 Å². The first kappa shape index (κ1) is 14.4. The Morgan fingerprint density at radius 1 is 1.26 bits per heavy atom. The molecular formula is C17H28N2. The van der Waals surface area contributed by atoms with Gasteiger partial charge in [0.2, 0.25) is 0 Å². The molecule has 1 aromatic rings. The Bertz CT molecular complexity index is 387. The number of rotatable bonds is 5. The maximum atomic E-state index is 3.55. The Morgan fingerprint density at radius 3 is 2.79 bits per heavy atom. The molecule has 0 saturated carbocycles. The molecule has 0 spiro atoms. The number of nitrogens with one attached hydrogen (secondary N) is 1. The summed E-state index contributed by atoms with van der Waals surface area (Å²) in [6.45, 7) is 8.92. The lowest BCUT2D eigenvalue weighted by Crippen LogP contribution is -2.40. The molecule has 106 valence electrons. The molecule has 1 saturated heterocycles. The normalized spacial score (nSPS) is 20.0. The van der Waals surface area contributed by atoms with E-state index in [0.717, 1.165) is 12.6 Å². The van der Waals surface area contributed by atoms with Gasteiger partial charge in [0.1, 0.15) is 0 Å². The van der Waals surface area contributed by atoms with Crippen molar-refractivity contribution in [2.24, 2.45) is 0 Å². The van der Waals surface area contributed by atoms with Gasteiger partial charge in [0.15, 0.2) is 0 Å². The van der Waals surface area contributed by atoms with Crippen LogP contribution in [0.2, 0.25) is 0 Å². The summed E-state index contributed by atoms with van der Waals surface area (Å²) in [7, 11) is 0. The molecule has 19 heavy (non-hydrogen) atoms. The highest BCUT2D eigenvalue weighted by Crippen LogP contribution is 2.29. The van der Waals surface area contributed by atoms with Crippen LogP contribution >= 0.6 is 0 Å². The molecule has 1 atom stereocenters.